The van der Waals surface area contributed by atoms with Gasteiger partial charge in [0, 0.05) is 13.0 Å². The Morgan fingerprint density at radius 2 is 1.92 bits per heavy atom. The lowest BCUT2D eigenvalue weighted by Crippen LogP contribution is -2.34. The van der Waals surface area contributed by atoms with Crippen LogP contribution in [0, 0.1) is 5.92 Å². The van der Waals surface area contributed by atoms with Crippen molar-refractivity contribution in [2.75, 3.05) is 13.2 Å². The summed E-state index contributed by atoms with van der Waals surface area (Å²) in [6.07, 6.45) is 1.04. The lowest BCUT2D eigenvalue weighted by Gasteiger charge is -2.14. The van der Waals surface area contributed by atoms with Crippen molar-refractivity contribution in [3.8, 4) is 11.5 Å². The number of amides is 1. The molecule has 0 saturated carbocycles. The molecule has 3 N–H and O–H groups in total. The fourth-order valence-corrected chi connectivity index (χ4v) is 2.87. The topological polar surface area (TPSA) is 95.9 Å². The highest BCUT2D eigenvalue weighted by molar-refractivity contribution is 5.97. The summed E-state index contributed by atoms with van der Waals surface area (Å²) in [4.78, 5) is 23.9. The minimum Gasteiger partial charge on any atom is -0.508 e. The van der Waals surface area contributed by atoms with Crippen LogP contribution in [0.25, 0.3) is 0 Å². The quantitative estimate of drug-likeness (QED) is 0.747. The predicted molar refractivity (Wildman–Crippen MR) is 90.9 cm³/mol. The zero-order valence-corrected chi connectivity index (χ0v) is 13.6. The van der Waals surface area contributed by atoms with Gasteiger partial charge in [-0.1, -0.05) is 24.3 Å². The lowest BCUT2D eigenvalue weighted by atomic mass is 9.99. The fourth-order valence-electron chi connectivity index (χ4n) is 2.87. The molecule has 25 heavy (non-hydrogen) atoms. The molecule has 1 heterocycles. The number of hydrogen-bond donors (Lipinski definition) is 3. The largest absolute Gasteiger partial charge is 0.508 e. The number of hydrogen-bond acceptors (Lipinski definition) is 4. The summed E-state index contributed by atoms with van der Waals surface area (Å²) in [5.41, 5.74) is 2.21. The maximum Gasteiger partial charge on any atom is 0.308 e. The van der Waals surface area contributed by atoms with Gasteiger partial charge in [-0.05, 0) is 35.7 Å². The van der Waals surface area contributed by atoms with Crippen LogP contribution < -0.4 is 10.1 Å². The number of aromatic hydroxyl groups is 1. The molecule has 0 fully saturated rings. The number of carbonyl (C=O) groups excluding carboxylic acids is 1. The van der Waals surface area contributed by atoms with E-state index in [1.807, 2.05) is 6.07 Å². The number of phenols is 1. The van der Waals surface area contributed by atoms with Crippen molar-refractivity contribution in [1.82, 2.24) is 5.32 Å². The summed E-state index contributed by atoms with van der Waals surface area (Å²) >= 11 is 0. The van der Waals surface area contributed by atoms with E-state index in [1.165, 1.54) is 12.1 Å². The average molecular weight is 341 g/mol. The first-order chi connectivity index (χ1) is 12.0. The molecule has 6 heteroatoms. The van der Waals surface area contributed by atoms with Crippen LogP contribution in [0.1, 0.15) is 21.5 Å². The molecule has 0 spiro atoms. The Morgan fingerprint density at radius 3 is 2.64 bits per heavy atom. The molecule has 1 atom stereocenters. The predicted octanol–water partition coefficient (Wildman–Crippen LogP) is 2.00. The van der Waals surface area contributed by atoms with Crippen molar-refractivity contribution in [2.24, 2.45) is 5.92 Å². The molecule has 2 aromatic rings. The summed E-state index contributed by atoms with van der Waals surface area (Å²) < 4.78 is 5.51. The number of ether oxygens (including phenoxy) is 1. The highest BCUT2D eigenvalue weighted by Gasteiger charge is 2.23. The van der Waals surface area contributed by atoms with Crippen LogP contribution in [0.15, 0.2) is 42.5 Å². The Morgan fingerprint density at radius 1 is 1.16 bits per heavy atom. The van der Waals surface area contributed by atoms with E-state index in [1.54, 1.807) is 24.3 Å². The van der Waals surface area contributed by atoms with Crippen LogP contribution in [-0.2, 0) is 17.6 Å². The first-order valence-electron chi connectivity index (χ1n) is 8.08. The van der Waals surface area contributed by atoms with Gasteiger partial charge in [0.2, 0.25) is 0 Å². The number of nitrogens with one attached hydrogen (secondary N) is 1. The van der Waals surface area contributed by atoms with E-state index < -0.39 is 11.9 Å². The number of fused-ring (bicyclic) bond motifs is 1. The minimum atomic E-state index is -0.983. The van der Waals surface area contributed by atoms with E-state index in [-0.39, 0.29) is 24.6 Å². The second-order valence-corrected chi connectivity index (χ2v) is 6.01. The maximum atomic E-state index is 12.4. The maximum absolute atomic E-state index is 12.4. The molecule has 0 aliphatic carbocycles. The molecule has 0 saturated heterocycles. The average Bonchev–Trinajstić information content (AvgIpc) is 3.08. The lowest BCUT2D eigenvalue weighted by molar-refractivity contribution is -0.141. The molecule has 1 aliphatic heterocycles. The summed E-state index contributed by atoms with van der Waals surface area (Å²) in [7, 11) is 0. The zero-order valence-electron chi connectivity index (χ0n) is 13.6. The monoisotopic (exact) mass is 341 g/mol. The smallest absolute Gasteiger partial charge is 0.308 e. The first kappa shape index (κ1) is 16.8. The number of phenolic OH excluding ortho intramolecular Hbond substituents is 1. The second kappa shape index (κ2) is 7.25. The van der Waals surface area contributed by atoms with Crippen LogP contribution in [0.5, 0.6) is 11.5 Å². The highest BCUT2D eigenvalue weighted by Crippen LogP contribution is 2.29. The molecule has 2 aromatic carbocycles. The molecule has 130 valence electrons. The van der Waals surface area contributed by atoms with E-state index in [4.69, 9.17) is 4.74 Å². The van der Waals surface area contributed by atoms with E-state index in [2.05, 4.69) is 5.32 Å². The summed E-state index contributed by atoms with van der Waals surface area (Å²) in [6, 6.07) is 11.8. The third kappa shape index (κ3) is 3.91. The van der Waals surface area contributed by atoms with Gasteiger partial charge in [-0.25, -0.2) is 0 Å². The Labute approximate surface area is 145 Å². The first-order valence-corrected chi connectivity index (χ1v) is 8.08. The van der Waals surface area contributed by atoms with Crippen LogP contribution in [0.2, 0.25) is 0 Å². The molecular weight excluding hydrogens is 322 g/mol. The molecule has 0 bridgehead atoms. The molecule has 0 aromatic heterocycles. The normalized spacial score (nSPS) is 13.6. The van der Waals surface area contributed by atoms with Crippen LogP contribution >= 0.6 is 0 Å². The molecule has 0 radical (unpaired) electrons. The Hall–Kier alpha value is -3.02. The molecule has 1 aliphatic rings. The van der Waals surface area contributed by atoms with Crippen molar-refractivity contribution in [3.63, 3.8) is 0 Å². The van der Waals surface area contributed by atoms with Gasteiger partial charge in [0.1, 0.15) is 11.5 Å². The fraction of sp³-hybridized carbons (Fsp3) is 0.263. The Balaban J connectivity index is 1.65. The van der Waals surface area contributed by atoms with Crippen LogP contribution in [0.4, 0.5) is 0 Å². The van der Waals surface area contributed by atoms with Crippen molar-refractivity contribution >= 4 is 11.9 Å². The summed E-state index contributed by atoms with van der Waals surface area (Å²) in [5.74, 6) is -1.36. The molecule has 3 rings (SSSR count). The van der Waals surface area contributed by atoms with E-state index in [0.717, 1.165) is 17.5 Å². The standard InChI is InChI=1S/C19H19NO5/c21-15-6-4-12(5-7-15)10-14(19(23)24)11-20-18(22)16-3-1-2-13-8-9-25-17(13)16/h1-7,14,21H,8-11H2,(H,20,22)(H,23,24). The number of rotatable bonds is 6. The van der Waals surface area contributed by atoms with Crippen molar-refractivity contribution in [2.45, 2.75) is 12.8 Å². The van der Waals surface area contributed by atoms with Crippen LogP contribution in [-0.4, -0.2) is 35.2 Å². The highest BCUT2D eigenvalue weighted by atomic mass is 16.5. The van der Waals surface area contributed by atoms with Crippen molar-refractivity contribution in [3.05, 3.63) is 59.2 Å². The van der Waals surface area contributed by atoms with Gasteiger partial charge in [-0.3, -0.25) is 9.59 Å². The Bertz CT molecular complexity index is 785. The van der Waals surface area contributed by atoms with E-state index in [0.29, 0.717) is 17.9 Å². The summed E-state index contributed by atoms with van der Waals surface area (Å²) in [6.45, 7) is 0.566. The third-order valence-electron chi connectivity index (χ3n) is 4.24. The van der Waals surface area contributed by atoms with Gasteiger partial charge < -0.3 is 20.3 Å². The van der Waals surface area contributed by atoms with Gasteiger partial charge in [0.25, 0.3) is 5.91 Å². The number of carbonyl (C=O) groups is 2. The number of para-hydroxylation sites is 1. The van der Waals surface area contributed by atoms with E-state index in [9.17, 15) is 19.8 Å². The number of aliphatic carboxylic acids is 1. The molecule has 6 nitrogen and oxygen atoms in total. The third-order valence-corrected chi connectivity index (χ3v) is 4.24. The number of carboxylic acids is 1. The van der Waals surface area contributed by atoms with Crippen molar-refractivity contribution in [1.29, 1.82) is 0 Å². The number of benzene rings is 2. The van der Waals surface area contributed by atoms with Gasteiger partial charge in [0.15, 0.2) is 0 Å². The SMILES string of the molecule is O=C(NCC(Cc1ccc(O)cc1)C(=O)O)c1cccc2c1OCC2. The van der Waals surface area contributed by atoms with Gasteiger partial charge >= 0.3 is 5.97 Å². The number of carboxylic acid groups (broad SMARTS) is 1. The van der Waals surface area contributed by atoms with Gasteiger partial charge in [-0.15, -0.1) is 0 Å². The minimum absolute atomic E-state index is 0.0126. The van der Waals surface area contributed by atoms with Crippen molar-refractivity contribution < 1.29 is 24.5 Å². The molecular formula is C19H19NO5. The molecule has 1 unspecified atom stereocenters. The van der Waals surface area contributed by atoms with Gasteiger partial charge in [-0.2, -0.15) is 0 Å². The molecule has 1 amide bonds. The Kier molecular flexibility index (Phi) is 4.88. The second-order valence-electron chi connectivity index (χ2n) is 6.01. The van der Waals surface area contributed by atoms with Crippen LogP contribution in [0.3, 0.4) is 0 Å². The summed E-state index contributed by atoms with van der Waals surface area (Å²) in [5, 5.41) is 21.4. The van der Waals surface area contributed by atoms with Gasteiger partial charge in [0.05, 0.1) is 18.1 Å². The van der Waals surface area contributed by atoms with E-state index >= 15 is 0 Å². The zero-order chi connectivity index (χ0) is 17.8.